The Morgan fingerprint density at radius 2 is 2.11 bits per heavy atom. The van der Waals surface area contributed by atoms with Crippen LogP contribution in [0.4, 0.5) is 0 Å². The summed E-state index contributed by atoms with van der Waals surface area (Å²) in [5.41, 5.74) is -2.47. The van der Waals surface area contributed by atoms with Gasteiger partial charge in [-0.1, -0.05) is 0 Å². The second-order valence-electron chi connectivity index (χ2n) is 4.02. The molecule has 0 aliphatic carbocycles. The molecule has 1 aromatic rings. The Morgan fingerprint density at radius 1 is 1.42 bits per heavy atom. The number of carboxylic acids is 1. The predicted octanol–water partition coefficient (Wildman–Crippen LogP) is 0.896. The number of ether oxygens (including phenoxy) is 2. The van der Waals surface area contributed by atoms with Crippen LogP contribution in [-0.4, -0.2) is 40.1 Å². The van der Waals surface area contributed by atoms with Crippen LogP contribution in [0.5, 0.6) is 5.75 Å². The molecule has 0 saturated heterocycles. The van der Waals surface area contributed by atoms with E-state index in [0.29, 0.717) is 5.75 Å². The molecule has 102 valence electrons. The monoisotopic (exact) mass is 268 g/mol. The van der Waals surface area contributed by atoms with Crippen molar-refractivity contribution < 1.29 is 34.7 Å². The lowest BCUT2D eigenvalue weighted by Crippen LogP contribution is -2.31. The van der Waals surface area contributed by atoms with Crippen LogP contribution in [0.25, 0.3) is 0 Å². The van der Waals surface area contributed by atoms with Gasteiger partial charge in [0.2, 0.25) is 5.76 Å². The third-order valence-corrected chi connectivity index (χ3v) is 2.91. The number of rotatable bonds is 3. The number of benzene rings is 1. The minimum Gasteiger partial charge on any atom is -0.503 e. The molecule has 4 N–H and O–H groups in total. The lowest BCUT2D eigenvalue weighted by Gasteiger charge is -2.22. The molecule has 0 saturated carbocycles. The van der Waals surface area contributed by atoms with E-state index in [4.69, 9.17) is 9.84 Å². The summed E-state index contributed by atoms with van der Waals surface area (Å²) in [4.78, 5) is 11.2. The van der Waals surface area contributed by atoms with Crippen LogP contribution >= 0.6 is 0 Å². The van der Waals surface area contributed by atoms with Gasteiger partial charge in [0, 0.05) is 5.56 Å². The number of carbonyl (C=O) groups is 1. The first kappa shape index (κ1) is 13.0. The van der Waals surface area contributed by atoms with E-state index in [-0.39, 0.29) is 11.1 Å². The minimum absolute atomic E-state index is 0.124. The van der Waals surface area contributed by atoms with Crippen LogP contribution in [0.3, 0.4) is 0 Å². The molecule has 2 rings (SSSR count). The van der Waals surface area contributed by atoms with Crippen molar-refractivity contribution in [3.05, 3.63) is 41.0 Å². The number of aliphatic hydroxyl groups is 3. The van der Waals surface area contributed by atoms with Gasteiger partial charge in [0.15, 0.2) is 5.60 Å². The molecule has 1 heterocycles. The minimum atomic E-state index is -2.12. The van der Waals surface area contributed by atoms with Gasteiger partial charge in [-0.2, -0.15) is 0 Å². The van der Waals surface area contributed by atoms with Gasteiger partial charge in [-0.25, -0.2) is 4.79 Å². The zero-order valence-electron chi connectivity index (χ0n) is 9.95. The fraction of sp³-hybridized carbons (Fsp3) is 0.250. The van der Waals surface area contributed by atoms with Crippen LogP contribution in [-0.2, 0) is 10.3 Å². The average Bonchev–Trinajstić information content (AvgIpc) is 2.67. The molecule has 1 unspecified atom stereocenters. The van der Waals surface area contributed by atoms with Gasteiger partial charge in [0.1, 0.15) is 12.4 Å². The molecule has 0 amide bonds. The summed E-state index contributed by atoms with van der Waals surface area (Å²) in [6.45, 7) is -0.488. The molecule has 19 heavy (non-hydrogen) atoms. The summed E-state index contributed by atoms with van der Waals surface area (Å²) in [7, 11) is 1.38. The molecular formula is C12H12O7. The van der Waals surface area contributed by atoms with Crippen molar-refractivity contribution >= 4 is 5.97 Å². The van der Waals surface area contributed by atoms with E-state index < -0.39 is 29.9 Å². The van der Waals surface area contributed by atoms with Crippen molar-refractivity contribution in [3.8, 4) is 5.75 Å². The largest absolute Gasteiger partial charge is 0.503 e. The van der Waals surface area contributed by atoms with E-state index in [2.05, 4.69) is 4.74 Å². The first-order valence-corrected chi connectivity index (χ1v) is 5.30. The first-order valence-electron chi connectivity index (χ1n) is 5.30. The van der Waals surface area contributed by atoms with Gasteiger partial charge in [-0.3, -0.25) is 0 Å². The van der Waals surface area contributed by atoms with Crippen molar-refractivity contribution in [3.63, 3.8) is 0 Å². The van der Waals surface area contributed by atoms with Gasteiger partial charge in [0.25, 0.3) is 0 Å². The van der Waals surface area contributed by atoms with E-state index in [0.717, 1.165) is 0 Å². The summed E-state index contributed by atoms with van der Waals surface area (Å²) in [6, 6.07) is 3.91. The number of aliphatic hydroxyl groups excluding tert-OH is 2. The summed E-state index contributed by atoms with van der Waals surface area (Å²) in [5, 5.41) is 38.3. The maximum Gasteiger partial charge on any atom is 0.336 e. The summed E-state index contributed by atoms with van der Waals surface area (Å²) < 4.78 is 9.60. The van der Waals surface area contributed by atoms with E-state index >= 15 is 0 Å². The Labute approximate surface area is 107 Å². The van der Waals surface area contributed by atoms with Crippen LogP contribution in [0.1, 0.15) is 15.9 Å². The number of aromatic carboxylic acids is 1. The predicted molar refractivity (Wildman–Crippen MR) is 62.1 cm³/mol. The van der Waals surface area contributed by atoms with Gasteiger partial charge < -0.3 is 29.9 Å². The Bertz CT molecular complexity index is 563. The summed E-state index contributed by atoms with van der Waals surface area (Å²) >= 11 is 0. The quantitative estimate of drug-likeness (QED) is 0.643. The fourth-order valence-electron chi connectivity index (χ4n) is 1.87. The number of hydrogen-bond donors (Lipinski definition) is 4. The molecule has 0 aromatic heterocycles. The molecular weight excluding hydrogens is 256 g/mol. The highest BCUT2D eigenvalue weighted by molar-refractivity contribution is 5.90. The maximum atomic E-state index is 11.2. The van der Waals surface area contributed by atoms with Gasteiger partial charge in [-0.15, -0.1) is 0 Å². The number of carboxylic acid groups (broad SMARTS) is 1. The van der Waals surface area contributed by atoms with Gasteiger partial charge in [0.05, 0.1) is 12.7 Å². The Morgan fingerprint density at radius 3 is 2.58 bits per heavy atom. The molecule has 1 aromatic carbocycles. The van der Waals surface area contributed by atoms with Crippen molar-refractivity contribution in [2.75, 3.05) is 13.7 Å². The van der Waals surface area contributed by atoms with Gasteiger partial charge in [-0.05, 0) is 18.2 Å². The van der Waals surface area contributed by atoms with Crippen LogP contribution in [0, 0.1) is 0 Å². The molecule has 0 spiro atoms. The third-order valence-electron chi connectivity index (χ3n) is 2.91. The van der Waals surface area contributed by atoms with Crippen LogP contribution in [0.15, 0.2) is 29.9 Å². The molecule has 7 heteroatoms. The molecule has 0 fully saturated rings. The Kier molecular flexibility index (Phi) is 2.99. The number of hydrogen-bond acceptors (Lipinski definition) is 6. The van der Waals surface area contributed by atoms with Crippen LogP contribution < -0.4 is 4.74 Å². The van der Waals surface area contributed by atoms with Crippen molar-refractivity contribution in [2.45, 2.75) is 5.60 Å². The van der Waals surface area contributed by atoms with Crippen LogP contribution in [0.2, 0.25) is 0 Å². The van der Waals surface area contributed by atoms with Crippen molar-refractivity contribution in [1.82, 2.24) is 0 Å². The molecule has 0 bridgehead atoms. The van der Waals surface area contributed by atoms with Gasteiger partial charge >= 0.3 is 11.9 Å². The van der Waals surface area contributed by atoms with Crippen molar-refractivity contribution in [2.24, 2.45) is 0 Å². The first-order chi connectivity index (χ1) is 8.90. The molecule has 0 radical (unpaired) electrons. The highest BCUT2D eigenvalue weighted by Gasteiger charge is 2.46. The molecule has 1 aliphatic rings. The SMILES string of the molecule is COc1ccc(C(=O)O)c(C2(O)COC(O)=C2O)c1. The van der Waals surface area contributed by atoms with E-state index in [1.165, 1.54) is 25.3 Å². The maximum absolute atomic E-state index is 11.2. The second kappa shape index (κ2) is 4.36. The lowest BCUT2D eigenvalue weighted by atomic mass is 9.89. The highest BCUT2D eigenvalue weighted by Crippen LogP contribution is 2.38. The molecule has 1 atom stereocenters. The lowest BCUT2D eigenvalue weighted by molar-refractivity contribution is -0.0000389. The Hall–Kier alpha value is -2.41. The third kappa shape index (κ3) is 1.93. The second-order valence-corrected chi connectivity index (χ2v) is 4.02. The normalized spacial score (nSPS) is 22.2. The van der Waals surface area contributed by atoms with E-state index in [1.807, 2.05) is 0 Å². The Balaban J connectivity index is 2.64. The summed E-state index contributed by atoms with van der Waals surface area (Å²) in [6.07, 6.45) is 0. The highest BCUT2D eigenvalue weighted by atomic mass is 16.6. The zero-order chi connectivity index (χ0) is 14.2. The smallest absolute Gasteiger partial charge is 0.336 e. The topological polar surface area (TPSA) is 116 Å². The average molecular weight is 268 g/mol. The zero-order valence-corrected chi connectivity index (χ0v) is 9.95. The molecule has 1 aliphatic heterocycles. The standard InChI is InChI=1S/C12H12O7/c1-18-6-2-3-7(10(14)15)8(4-6)12(17)5-19-11(16)9(12)13/h2-4,13,16-17H,5H2,1H3,(H,14,15). The molecule has 7 nitrogen and oxygen atoms in total. The van der Waals surface area contributed by atoms with E-state index in [9.17, 15) is 20.1 Å². The van der Waals surface area contributed by atoms with E-state index in [1.54, 1.807) is 0 Å². The fourth-order valence-corrected chi connectivity index (χ4v) is 1.87. The summed E-state index contributed by atoms with van der Waals surface area (Å²) in [5.74, 6) is -2.65. The number of methoxy groups -OCH3 is 1. The van der Waals surface area contributed by atoms with Crippen molar-refractivity contribution in [1.29, 1.82) is 0 Å².